The van der Waals surface area contributed by atoms with Crippen molar-refractivity contribution < 1.29 is 24.2 Å². The first-order chi connectivity index (χ1) is 19.8. The minimum atomic E-state index is -1.28. The van der Waals surface area contributed by atoms with E-state index in [9.17, 15) is 19.5 Å². The highest BCUT2D eigenvalue weighted by molar-refractivity contribution is 6.04. The second-order valence-corrected chi connectivity index (χ2v) is 14.2. The monoisotopic (exact) mass is 577 g/mol. The molecule has 4 aliphatic heterocycles. The fourth-order valence-electron chi connectivity index (χ4n) is 8.17. The summed E-state index contributed by atoms with van der Waals surface area (Å²) < 4.78 is 7.09. The Balaban J connectivity index is 1.63. The number of aliphatic hydroxyl groups is 1. The number of benzene rings is 1. The first-order valence-corrected chi connectivity index (χ1v) is 15.5. The maximum atomic E-state index is 14.8. The number of nitrogens with zero attached hydrogens (tertiary/aromatic N) is 3. The highest BCUT2D eigenvalue weighted by atomic mass is 16.5. The van der Waals surface area contributed by atoms with E-state index in [1.54, 1.807) is 9.80 Å². The standard InChI is InChI=1S/C34H47N3O5/c1-7-33-17-13-20-35(24-15-9-8-10-16-24)28(39)25(33)26-29(40)36(19-11-12-22-38)27-30(41)37(21-14-18-34(26,27)42-33)32(5,6)23-31(2,3)4/h8-10,13-18,25-27,38H,7,11-12,19-23H2,1-6H3/t25-,26-,27?,33+,34-/m0/s1. The fraction of sp³-hybridized carbons (Fsp3) is 0.618. The van der Waals surface area contributed by atoms with Gasteiger partial charge in [0, 0.05) is 37.5 Å². The van der Waals surface area contributed by atoms with E-state index in [0.29, 0.717) is 38.9 Å². The van der Waals surface area contributed by atoms with Crippen molar-refractivity contribution in [1.82, 2.24) is 9.80 Å². The van der Waals surface area contributed by atoms with Crippen molar-refractivity contribution in [2.75, 3.05) is 31.1 Å². The lowest BCUT2D eigenvalue weighted by Gasteiger charge is -2.45. The number of amides is 3. The van der Waals surface area contributed by atoms with Crippen molar-refractivity contribution in [1.29, 1.82) is 0 Å². The molecule has 0 aliphatic carbocycles. The van der Waals surface area contributed by atoms with Crippen LogP contribution in [0.3, 0.4) is 0 Å². The van der Waals surface area contributed by atoms with Gasteiger partial charge in [-0.25, -0.2) is 0 Å². The second-order valence-electron chi connectivity index (χ2n) is 14.2. The average molecular weight is 578 g/mol. The summed E-state index contributed by atoms with van der Waals surface area (Å²) in [5.74, 6) is -2.15. The maximum Gasteiger partial charge on any atom is 0.249 e. The van der Waals surface area contributed by atoms with Crippen molar-refractivity contribution in [3.63, 3.8) is 0 Å². The van der Waals surface area contributed by atoms with Gasteiger partial charge >= 0.3 is 0 Å². The van der Waals surface area contributed by atoms with Crippen molar-refractivity contribution in [3.8, 4) is 0 Å². The molecule has 4 aliphatic rings. The van der Waals surface area contributed by atoms with Crippen LogP contribution in [-0.2, 0) is 19.1 Å². The molecule has 5 atom stereocenters. The van der Waals surface area contributed by atoms with Crippen LogP contribution in [0.2, 0.25) is 0 Å². The van der Waals surface area contributed by atoms with Gasteiger partial charge in [0.25, 0.3) is 0 Å². The zero-order valence-corrected chi connectivity index (χ0v) is 26.0. The third kappa shape index (κ3) is 4.90. The Morgan fingerprint density at radius 3 is 2.24 bits per heavy atom. The van der Waals surface area contributed by atoms with Crippen LogP contribution in [0.4, 0.5) is 5.69 Å². The van der Waals surface area contributed by atoms with E-state index < -0.39 is 34.6 Å². The van der Waals surface area contributed by atoms with Gasteiger partial charge in [-0.1, -0.05) is 70.2 Å². The van der Waals surface area contributed by atoms with Crippen LogP contribution in [0.15, 0.2) is 54.6 Å². The van der Waals surface area contributed by atoms with Gasteiger partial charge in [-0.2, -0.15) is 0 Å². The van der Waals surface area contributed by atoms with E-state index in [-0.39, 0.29) is 29.7 Å². The van der Waals surface area contributed by atoms with Crippen LogP contribution in [0.1, 0.15) is 67.2 Å². The fourth-order valence-corrected chi connectivity index (χ4v) is 8.17. The van der Waals surface area contributed by atoms with Crippen LogP contribution in [0.25, 0.3) is 0 Å². The molecule has 8 heteroatoms. The molecule has 1 aromatic carbocycles. The lowest BCUT2D eigenvalue weighted by Crippen LogP contribution is -2.60. The van der Waals surface area contributed by atoms with E-state index in [4.69, 9.17) is 4.74 Å². The van der Waals surface area contributed by atoms with Crippen molar-refractivity contribution in [3.05, 3.63) is 54.6 Å². The molecule has 8 nitrogen and oxygen atoms in total. The summed E-state index contributed by atoms with van der Waals surface area (Å²) in [4.78, 5) is 49.2. The van der Waals surface area contributed by atoms with Gasteiger partial charge in [0.05, 0.1) is 17.4 Å². The number of unbranched alkanes of at least 4 members (excludes halogenated alkanes) is 1. The molecule has 1 spiro atoms. The zero-order chi connectivity index (χ0) is 30.5. The number of fused-ring (bicyclic) bond motifs is 2. The Hall–Kier alpha value is -2.97. The molecule has 0 saturated carbocycles. The Kier molecular flexibility index (Phi) is 7.94. The minimum absolute atomic E-state index is 0.00719. The number of carbonyl (C=O) groups excluding carboxylic acids is 3. The summed E-state index contributed by atoms with van der Waals surface area (Å²) in [5.41, 5.74) is -2.02. The number of para-hydroxylation sites is 1. The SMILES string of the molecule is CC[C@@]12C=CCN(c3ccccc3)C(=O)[C@@H]1[C@H]1C(=O)N(CCCCO)C3C(=O)N(C(C)(C)CC(C)(C)C)CC=C[C@@]31O2. The molecule has 0 aromatic heterocycles. The van der Waals surface area contributed by atoms with Gasteiger partial charge in [-0.15, -0.1) is 0 Å². The first-order valence-electron chi connectivity index (χ1n) is 15.5. The van der Waals surface area contributed by atoms with Gasteiger partial charge < -0.3 is 24.5 Å². The van der Waals surface area contributed by atoms with Crippen LogP contribution < -0.4 is 4.90 Å². The molecule has 1 unspecified atom stereocenters. The van der Waals surface area contributed by atoms with Crippen LogP contribution >= 0.6 is 0 Å². The molecule has 3 amide bonds. The molecule has 2 fully saturated rings. The number of carbonyl (C=O) groups is 3. The summed E-state index contributed by atoms with van der Waals surface area (Å²) in [6.07, 6.45) is 10.2. The summed E-state index contributed by atoms with van der Waals surface area (Å²) in [5, 5.41) is 9.50. The molecule has 1 N–H and O–H groups in total. The molecule has 0 bridgehead atoms. The van der Waals surface area contributed by atoms with E-state index in [2.05, 4.69) is 34.6 Å². The number of rotatable bonds is 8. The molecule has 228 valence electrons. The summed E-state index contributed by atoms with van der Waals surface area (Å²) in [6.45, 7) is 13.8. The molecule has 2 saturated heterocycles. The number of likely N-dealkylation sites (tertiary alicyclic amines) is 1. The minimum Gasteiger partial charge on any atom is -0.396 e. The van der Waals surface area contributed by atoms with Crippen molar-refractivity contribution in [2.45, 2.75) is 90.0 Å². The second kappa shape index (κ2) is 10.9. The Morgan fingerprint density at radius 1 is 0.905 bits per heavy atom. The summed E-state index contributed by atoms with van der Waals surface area (Å²) in [7, 11) is 0. The molecule has 4 heterocycles. The number of hydrogen-bond donors (Lipinski definition) is 1. The van der Waals surface area contributed by atoms with E-state index in [1.807, 2.05) is 66.5 Å². The summed E-state index contributed by atoms with van der Waals surface area (Å²) in [6, 6.07) is 8.63. The topological polar surface area (TPSA) is 90.4 Å². The Bertz CT molecular complexity index is 1270. The molecule has 0 radical (unpaired) electrons. The number of hydrogen-bond acceptors (Lipinski definition) is 5. The average Bonchev–Trinajstić information content (AvgIpc) is 3.20. The number of anilines is 1. The third-order valence-electron chi connectivity index (χ3n) is 9.51. The molecular formula is C34H47N3O5. The third-order valence-corrected chi connectivity index (χ3v) is 9.51. The molecule has 42 heavy (non-hydrogen) atoms. The molecule has 1 aromatic rings. The van der Waals surface area contributed by atoms with Crippen LogP contribution in [-0.4, -0.2) is 81.7 Å². The largest absolute Gasteiger partial charge is 0.396 e. The molecular weight excluding hydrogens is 530 g/mol. The van der Waals surface area contributed by atoms with Crippen LogP contribution in [0.5, 0.6) is 0 Å². The normalized spacial score (nSPS) is 31.3. The van der Waals surface area contributed by atoms with Gasteiger partial charge in [0.2, 0.25) is 17.7 Å². The number of ether oxygens (including phenoxy) is 1. The summed E-state index contributed by atoms with van der Waals surface area (Å²) >= 11 is 0. The predicted octanol–water partition coefficient (Wildman–Crippen LogP) is 4.34. The lowest BCUT2D eigenvalue weighted by molar-refractivity contribution is -0.156. The van der Waals surface area contributed by atoms with E-state index in [0.717, 1.165) is 12.1 Å². The highest BCUT2D eigenvalue weighted by Gasteiger charge is 2.75. The lowest BCUT2D eigenvalue weighted by atomic mass is 9.72. The first kappa shape index (κ1) is 30.5. The maximum absolute atomic E-state index is 14.8. The zero-order valence-electron chi connectivity index (χ0n) is 26.0. The highest BCUT2D eigenvalue weighted by Crippen LogP contribution is 2.59. The van der Waals surface area contributed by atoms with Crippen LogP contribution in [0, 0.1) is 17.3 Å². The Labute approximate surface area is 250 Å². The van der Waals surface area contributed by atoms with Crippen molar-refractivity contribution in [2.24, 2.45) is 17.3 Å². The quantitative estimate of drug-likeness (QED) is 0.367. The molecule has 5 rings (SSSR count). The Morgan fingerprint density at radius 2 is 1.60 bits per heavy atom. The van der Waals surface area contributed by atoms with Gasteiger partial charge in [-0.05, 0) is 57.1 Å². The predicted molar refractivity (Wildman–Crippen MR) is 163 cm³/mol. The number of aliphatic hydroxyl groups excluding tert-OH is 1. The van der Waals surface area contributed by atoms with E-state index >= 15 is 0 Å². The smallest absolute Gasteiger partial charge is 0.249 e. The van der Waals surface area contributed by atoms with Gasteiger partial charge in [-0.3, -0.25) is 14.4 Å². The van der Waals surface area contributed by atoms with Gasteiger partial charge in [0.15, 0.2) is 0 Å². The van der Waals surface area contributed by atoms with Gasteiger partial charge in [0.1, 0.15) is 11.6 Å². The van der Waals surface area contributed by atoms with Crippen molar-refractivity contribution >= 4 is 23.4 Å². The van der Waals surface area contributed by atoms with E-state index in [1.165, 1.54) is 0 Å².